The minimum atomic E-state index is 0.684. The Bertz CT molecular complexity index is 635. The fourth-order valence-corrected chi connectivity index (χ4v) is 1.83. The van der Waals surface area contributed by atoms with E-state index in [0.29, 0.717) is 6.54 Å². The maximum atomic E-state index is 4.40. The molecule has 1 heterocycles. The Kier molecular flexibility index (Phi) is 2.88. The summed E-state index contributed by atoms with van der Waals surface area (Å²) < 4.78 is 0. The fourth-order valence-electron chi connectivity index (χ4n) is 1.83. The SMILES string of the molecule is C(=Cc1ccccc1)Cn1nc2ccccc2n1. The normalized spacial score (nSPS) is 11.3. The monoisotopic (exact) mass is 235 g/mol. The van der Waals surface area contributed by atoms with Crippen molar-refractivity contribution in [2.75, 3.05) is 0 Å². The van der Waals surface area contributed by atoms with Crippen molar-refractivity contribution in [2.45, 2.75) is 6.54 Å². The van der Waals surface area contributed by atoms with Gasteiger partial charge in [0.05, 0.1) is 6.54 Å². The van der Waals surface area contributed by atoms with Crippen LogP contribution in [0.25, 0.3) is 17.1 Å². The number of nitrogens with zero attached hydrogens (tertiary/aromatic N) is 3. The van der Waals surface area contributed by atoms with E-state index in [1.807, 2.05) is 42.5 Å². The standard InChI is InChI=1S/C15H13N3/c1-2-7-13(8-3-1)9-6-12-18-16-14-10-4-5-11-15(14)17-18/h1-11H,12H2. The first-order valence-electron chi connectivity index (χ1n) is 5.93. The Morgan fingerprint density at radius 3 is 2.11 bits per heavy atom. The first kappa shape index (κ1) is 10.7. The zero-order valence-electron chi connectivity index (χ0n) is 9.90. The average Bonchev–Trinajstić information content (AvgIpc) is 2.82. The van der Waals surface area contributed by atoms with Gasteiger partial charge in [-0.15, -0.1) is 0 Å². The van der Waals surface area contributed by atoms with E-state index in [-0.39, 0.29) is 0 Å². The molecule has 0 amide bonds. The van der Waals surface area contributed by atoms with E-state index in [1.54, 1.807) is 4.80 Å². The summed E-state index contributed by atoms with van der Waals surface area (Å²) in [5, 5.41) is 8.80. The van der Waals surface area contributed by atoms with E-state index in [0.717, 1.165) is 11.0 Å². The predicted octanol–water partition coefficient (Wildman–Crippen LogP) is 3.14. The van der Waals surface area contributed by atoms with Crippen LogP contribution in [0, 0.1) is 0 Å². The number of aromatic nitrogens is 3. The van der Waals surface area contributed by atoms with Crippen LogP contribution in [-0.2, 0) is 6.54 Å². The maximum Gasteiger partial charge on any atom is 0.113 e. The first-order valence-corrected chi connectivity index (χ1v) is 5.93. The molecular formula is C15H13N3. The van der Waals surface area contributed by atoms with Crippen molar-refractivity contribution in [2.24, 2.45) is 0 Å². The van der Waals surface area contributed by atoms with Gasteiger partial charge in [-0.1, -0.05) is 54.6 Å². The minimum absolute atomic E-state index is 0.684. The van der Waals surface area contributed by atoms with Crippen LogP contribution in [0.4, 0.5) is 0 Å². The van der Waals surface area contributed by atoms with E-state index >= 15 is 0 Å². The molecule has 3 nitrogen and oxygen atoms in total. The van der Waals surface area contributed by atoms with E-state index in [1.165, 1.54) is 5.56 Å². The Morgan fingerprint density at radius 2 is 1.44 bits per heavy atom. The molecule has 0 aliphatic rings. The van der Waals surface area contributed by atoms with Crippen molar-refractivity contribution in [3.8, 4) is 0 Å². The van der Waals surface area contributed by atoms with Crippen LogP contribution in [0.3, 0.4) is 0 Å². The van der Waals surface area contributed by atoms with Crippen molar-refractivity contribution in [1.82, 2.24) is 15.0 Å². The Hall–Kier alpha value is -2.42. The fraction of sp³-hybridized carbons (Fsp3) is 0.0667. The second kappa shape index (κ2) is 4.84. The lowest BCUT2D eigenvalue weighted by molar-refractivity contribution is 0.613. The highest BCUT2D eigenvalue weighted by Gasteiger charge is 1.98. The smallest absolute Gasteiger partial charge is 0.113 e. The zero-order chi connectivity index (χ0) is 12.2. The molecule has 2 aromatic carbocycles. The molecule has 3 rings (SSSR count). The topological polar surface area (TPSA) is 30.7 Å². The lowest BCUT2D eigenvalue weighted by Crippen LogP contribution is -1.99. The predicted molar refractivity (Wildman–Crippen MR) is 73.0 cm³/mol. The Balaban J connectivity index is 1.75. The molecule has 3 aromatic rings. The van der Waals surface area contributed by atoms with Crippen molar-refractivity contribution >= 4 is 17.1 Å². The van der Waals surface area contributed by atoms with Gasteiger partial charge in [-0.25, -0.2) is 0 Å². The number of rotatable bonds is 3. The van der Waals surface area contributed by atoms with Gasteiger partial charge in [0, 0.05) is 0 Å². The largest absolute Gasteiger partial charge is 0.180 e. The van der Waals surface area contributed by atoms with E-state index in [9.17, 15) is 0 Å². The molecule has 0 fully saturated rings. The van der Waals surface area contributed by atoms with E-state index in [2.05, 4.69) is 34.5 Å². The zero-order valence-corrected chi connectivity index (χ0v) is 9.90. The number of hydrogen-bond acceptors (Lipinski definition) is 2. The summed E-state index contributed by atoms with van der Waals surface area (Å²) in [4.78, 5) is 1.71. The molecule has 1 aromatic heterocycles. The van der Waals surface area contributed by atoms with Crippen molar-refractivity contribution in [3.63, 3.8) is 0 Å². The molecule has 0 aliphatic carbocycles. The quantitative estimate of drug-likeness (QED) is 0.698. The summed E-state index contributed by atoms with van der Waals surface area (Å²) in [5.74, 6) is 0. The summed E-state index contributed by atoms with van der Waals surface area (Å²) in [6.07, 6.45) is 4.14. The molecule has 0 atom stereocenters. The Labute approximate surface area is 105 Å². The second-order valence-electron chi connectivity index (χ2n) is 4.06. The van der Waals surface area contributed by atoms with Gasteiger partial charge < -0.3 is 0 Å². The van der Waals surface area contributed by atoms with Crippen molar-refractivity contribution in [1.29, 1.82) is 0 Å². The molecule has 0 saturated carbocycles. The van der Waals surface area contributed by atoms with Gasteiger partial charge in [0.2, 0.25) is 0 Å². The van der Waals surface area contributed by atoms with Crippen LogP contribution in [0.5, 0.6) is 0 Å². The molecule has 88 valence electrons. The molecule has 0 spiro atoms. The summed E-state index contributed by atoms with van der Waals surface area (Å²) in [6.45, 7) is 0.684. The highest BCUT2D eigenvalue weighted by molar-refractivity contribution is 5.72. The van der Waals surface area contributed by atoms with Gasteiger partial charge in [0.1, 0.15) is 11.0 Å². The van der Waals surface area contributed by atoms with Crippen molar-refractivity contribution in [3.05, 3.63) is 66.2 Å². The highest BCUT2D eigenvalue weighted by Crippen LogP contribution is 2.07. The third kappa shape index (κ3) is 2.30. The number of benzene rings is 2. The molecule has 0 radical (unpaired) electrons. The van der Waals surface area contributed by atoms with Crippen LogP contribution in [0.15, 0.2) is 60.7 Å². The van der Waals surface area contributed by atoms with E-state index < -0.39 is 0 Å². The van der Waals surface area contributed by atoms with Crippen LogP contribution >= 0.6 is 0 Å². The van der Waals surface area contributed by atoms with Gasteiger partial charge in [-0.2, -0.15) is 15.0 Å². The summed E-state index contributed by atoms with van der Waals surface area (Å²) in [5.41, 5.74) is 3.06. The minimum Gasteiger partial charge on any atom is -0.180 e. The van der Waals surface area contributed by atoms with Gasteiger partial charge in [0.15, 0.2) is 0 Å². The molecule has 0 bridgehead atoms. The summed E-state index contributed by atoms with van der Waals surface area (Å²) in [6, 6.07) is 18.1. The highest BCUT2D eigenvalue weighted by atomic mass is 15.5. The third-order valence-electron chi connectivity index (χ3n) is 2.71. The van der Waals surface area contributed by atoms with Crippen molar-refractivity contribution < 1.29 is 0 Å². The van der Waals surface area contributed by atoms with Crippen LogP contribution in [-0.4, -0.2) is 15.0 Å². The average molecular weight is 235 g/mol. The van der Waals surface area contributed by atoms with Gasteiger partial charge >= 0.3 is 0 Å². The number of allylic oxidation sites excluding steroid dienone is 1. The maximum absolute atomic E-state index is 4.40. The van der Waals surface area contributed by atoms with Crippen LogP contribution in [0.1, 0.15) is 5.56 Å². The number of hydrogen-bond donors (Lipinski definition) is 0. The number of fused-ring (bicyclic) bond motifs is 1. The second-order valence-corrected chi connectivity index (χ2v) is 4.06. The van der Waals surface area contributed by atoms with Crippen LogP contribution in [0.2, 0.25) is 0 Å². The van der Waals surface area contributed by atoms with Crippen LogP contribution < -0.4 is 0 Å². The molecule has 0 saturated heterocycles. The molecule has 3 heteroatoms. The van der Waals surface area contributed by atoms with Gasteiger partial charge in [-0.3, -0.25) is 0 Å². The Morgan fingerprint density at radius 1 is 0.833 bits per heavy atom. The molecule has 0 aliphatic heterocycles. The molecule has 0 N–H and O–H groups in total. The lowest BCUT2D eigenvalue weighted by atomic mass is 10.2. The van der Waals surface area contributed by atoms with Gasteiger partial charge in [-0.05, 0) is 17.7 Å². The summed E-state index contributed by atoms with van der Waals surface area (Å²) in [7, 11) is 0. The molecule has 18 heavy (non-hydrogen) atoms. The first-order chi connectivity index (χ1) is 8.92. The lowest BCUT2D eigenvalue weighted by Gasteiger charge is -1.93. The van der Waals surface area contributed by atoms with Gasteiger partial charge in [0.25, 0.3) is 0 Å². The summed E-state index contributed by atoms with van der Waals surface area (Å²) >= 11 is 0. The third-order valence-corrected chi connectivity index (χ3v) is 2.71. The molecule has 0 unspecified atom stereocenters. The van der Waals surface area contributed by atoms with E-state index in [4.69, 9.17) is 0 Å². The molecular weight excluding hydrogens is 222 g/mol.